The Bertz CT molecular complexity index is 330. The zero-order valence-corrected chi connectivity index (χ0v) is 7.82. The number of halogens is 1. The van der Waals surface area contributed by atoms with Gasteiger partial charge in [-0.1, -0.05) is 11.2 Å². The smallest absolute Gasteiger partial charge is 0.0511 e. The maximum absolute atomic E-state index is 8.07. The third kappa shape index (κ3) is 2.15. The molecule has 0 atom stereocenters. The maximum Gasteiger partial charge on any atom is 0.0511 e. The summed E-state index contributed by atoms with van der Waals surface area (Å²) in [4.78, 5) is 2.66. The van der Waals surface area contributed by atoms with Crippen LogP contribution in [0.4, 0.5) is 5.69 Å². The van der Waals surface area contributed by atoms with Crippen LogP contribution in [0.2, 0.25) is 0 Å². The highest BCUT2D eigenvalue weighted by atomic mass is 79.9. The van der Waals surface area contributed by atoms with Gasteiger partial charge in [0, 0.05) is 15.1 Å². The average molecular weight is 227 g/mol. The molecule has 2 N–H and O–H groups in total. The summed E-state index contributed by atoms with van der Waals surface area (Å²) < 4.78 is 0.854. The molecule has 5 heteroatoms. The van der Waals surface area contributed by atoms with Crippen LogP contribution in [-0.2, 0) is 6.54 Å². The Morgan fingerprint density at radius 1 is 1.58 bits per heavy atom. The van der Waals surface area contributed by atoms with E-state index in [1.54, 1.807) is 6.07 Å². The second-order valence-corrected chi connectivity index (χ2v) is 3.10. The molecular weight excluding hydrogens is 220 g/mol. The molecule has 4 nitrogen and oxygen atoms in total. The molecule has 0 aliphatic heterocycles. The maximum atomic E-state index is 8.07. The highest BCUT2D eigenvalue weighted by Gasteiger charge is 1.95. The standard InChI is InChI=1S/C7H7BrN4/c8-6-2-1-5(3-7(6)9)4-11-12-10/h1-3H,4,9H2. The van der Waals surface area contributed by atoms with E-state index in [1.165, 1.54) is 0 Å². The van der Waals surface area contributed by atoms with Crippen molar-refractivity contribution in [3.05, 3.63) is 38.7 Å². The van der Waals surface area contributed by atoms with E-state index in [0.717, 1.165) is 10.0 Å². The van der Waals surface area contributed by atoms with Gasteiger partial charge in [0.25, 0.3) is 0 Å². The van der Waals surface area contributed by atoms with Crippen LogP contribution in [0, 0.1) is 0 Å². The van der Waals surface area contributed by atoms with E-state index in [-0.39, 0.29) is 0 Å². The minimum Gasteiger partial charge on any atom is -0.398 e. The first-order valence-corrected chi connectivity index (χ1v) is 4.08. The molecule has 0 spiro atoms. The fourth-order valence-corrected chi connectivity index (χ4v) is 1.05. The molecular formula is C7H7BrN4. The molecule has 0 saturated heterocycles. The van der Waals surface area contributed by atoms with Crippen LogP contribution in [0.5, 0.6) is 0 Å². The first-order valence-electron chi connectivity index (χ1n) is 3.29. The van der Waals surface area contributed by atoms with Gasteiger partial charge in [-0.15, -0.1) is 0 Å². The van der Waals surface area contributed by atoms with Gasteiger partial charge < -0.3 is 5.73 Å². The number of azide groups is 1. The normalized spacial score (nSPS) is 9.08. The fourth-order valence-electron chi connectivity index (χ4n) is 0.805. The molecule has 62 valence electrons. The van der Waals surface area contributed by atoms with Gasteiger partial charge in [-0.25, -0.2) is 0 Å². The lowest BCUT2D eigenvalue weighted by molar-refractivity contribution is 1.05. The Morgan fingerprint density at radius 3 is 2.92 bits per heavy atom. The summed E-state index contributed by atoms with van der Waals surface area (Å²) in [6, 6.07) is 5.46. The first-order chi connectivity index (χ1) is 5.74. The largest absolute Gasteiger partial charge is 0.398 e. The topological polar surface area (TPSA) is 74.8 Å². The molecule has 12 heavy (non-hydrogen) atoms. The number of hydrogen-bond donors (Lipinski definition) is 1. The summed E-state index contributed by atoms with van der Waals surface area (Å²) in [5.41, 5.74) is 15.2. The minimum absolute atomic E-state index is 0.341. The van der Waals surface area contributed by atoms with E-state index in [2.05, 4.69) is 26.0 Å². The van der Waals surface area contributed by atoms with Crippen molar-refractivity contribution in [3.63, 3.8) is 0 Å². The summed E-state index contributed by atoms with van der Waals surface area (Å²) in [7, 11) is 0. The second kappa shape index (κ2) is 3.99. The number of nitrogens with two attached hydrogens (primary N) is 1. The van der Waals surface area contributed by atoms with E-state index in [9.17, 15) is 0 Å². The number of hydrogen-bond acceptors (Lipinski definition) is 2. The quantitative estimate of drug-likeness (QED) is 0.358. The number of rotatable bonds is 2. The minimum atomic E-state index is 0.341. The molecule has 0 bridgehead atoms. The van der Waals surface area contributed by atoms with E-state index in [1.807, 2.05) is 12.1 Å². The van der Waals surface area contributed by atoms with Crippen molar-refractivity contribution < 1.29 is 0 Å². The van der Waals surface area contributed by atoms with Crippen molar-refractivity contribution in [1.82, 2.24) is 0 Å². The van der Waals surface area contributed by atoms with Crippen LogP contribution in [-0.4, -0.2) is 0 Å². The summed E-state index contributed by atoms with van der Waals surface area (Å²) >= 11 is 3.27. The molecule has 1 aromatic rings. The summed E-state index contributed by atoms with van der Waals surface area (Å²) in [6.45, 7) is 0.341. The summed E-state index contributed by atoms with van der Waals surface area (Å²) in [5, 5.41) is 3.42. The molecule has 0 fully saturated rings. The van der Waals surface area contributed by atoms with E-state index >= 15 is 0 Å². The van der Waals surface area contributed by atoms with Crippen molar-refractivity contribution in [2.24, 2.45) is 5.11 Å². The third-order valence-corrected chi connectivity index (χ3v) is 2.10. The highest BCUT2D eigenvalue weighted by molar-refractivity contribution is 9.10. The van der Waals surface area contributed by atoms with Gasteiger partial charge in [-0.05, 0) is 39.2 Å². The number of anilines is 1. The average Bonchev–Trinajstić information content (AvgIpc) is 2.07. The van der Waals surface area contributed by atoms with Crippen molar-refractivity contribution >= 4 is 21.6 Å². The number of benzene rings is 1. The SMILES string of the molecule is [N-]=[N+]=NCc1ccc(Br)c(N)c1. The zero-order valence-electron chi connectivity index (χ0n) is 6.24. The van der Waals surface area contributed by atoms with Crippen molar-refractivity contribution in [1.29, 1.82) is 0 Å². The Hall–Kier alpha value is -1.19. The number of nitrogen functional groups attached to an aromatic ring is 1. The van der Waals surface area contributed by atoms with Crippen LogP contribution in [0.1, 0.15) is 5.56 Å². The van der Waals surface area contributed by atoms with Gasteiger partial charge in [0.05, 0.1) is 6.54 Å². The highest BCUT2D eigenvalue weighted by Crippen LogP contribution is 2.20. The molecule has 1 aromatic carbocycles. The van der Waals surface area contributed by atoms with Gasteiger partial charge >= 0.3 is 0 Å². The van der Waals surface area contributed by atoms with E-state index in [4.69, 9.17) is 11.3 Å². The van der Waals surface area contributed by atoms with Gasteiger partial charge in [0.2, 0.25) is 0 Å². The van der Waals surface area contributed by atoms with Crippen molar-refractivity contribution in [3.8, 4) is 0 Å². The van der Waals surface area contributed by atoms with Crippen LogP contribution in [0.25, 0.3) is 10.4 Å². The van der Waals surface area contributed by atoms with Gasteiger partial charge in [-0.3, -0.25) is 0 Å². The predicted octanol–water partition coefficient (Wildman–Crippen LogP) is 2.84. The molecule has 0 unspecified atom stereocenters. The van der Waals surface area contributed by atoms with Gasteiger partial charge in [0.1, 0.15) is 0 Å². The lowest BCUT2D eigenvalue weighted by Gasteiger charge is -1.99. The lowest BCUT2D eigenvalue weighted by atomic mass is 10.2. The monoisotopic (exact) mass is 226 g/mol. The lowest BCUT2D eigenvalue weighted by Crippen LogP contribution is -1.88. The molecule has 0 aliphatic rings. The summed E-state index contributed by atoms with van der Waals surface area (Å²) in [6.07, 6.45) is 0. The van der Waals surface area contributed by atoms with Gasteiger partial charge in [0.15, 0.2) is 0 Å². The van der Waals surface area contributed by atoms with Crippen LogP contribution < -0.4 is 5.73 Å². The van der Waals surface area contributed by atoms with Gasteiger partial charge in [-0.2, -0.15) is 0 Å². The molecule has 0 heterocycles. The molecule has 0 aromatic heterocycles. The van der Waals surface area contributed by atoms with Crippen LogP contribution >= 0.6 is 15.9 Å². The Kier molecular flexibility index (Phi) is 2.96. The third-order valence-electron chi connectivity index (χ3n) is 1.38. The van der Waals surface area contributed by atoms with E-state index < -0.39 is 0 Å². The van der Waals surface area contributed by atoms with Crippen molar-refractivity contribution in [2.75, 3.05) is 5.73 Å². The molecule has 0 amide bonds. The zero-order chi connectivity index (χ0) is 8.97. The predicted molar refractivity (Wildman–Crippen MR) is 51.4 cm³/mol. The van der Waals surface area contributed by atoms with Crippen LogP contribution in [0.15, 0.2) is 27.8 Å². The second-order valence-electron chi connectivity index (χ2n) is 2.24. The van der Waals surface area contributed by atoms with Crippen molar-refractivity contribution in [2.45, 2.75) is 6.54 Å². The molecule has 0 radical (unpaired) electrons. The Balaban J connectivity index is 2.89. The molecule has 0 saturated carbocycles. The van der Waals surface area contributed by atoms with Crippen LogP contribution in [0.3, 0.4) is 0 Å². The molecule has 1 rings (SSSR count). The Labute approximate surface area is 78.1 Å². The number of nitrogens with zero attached hydrogens (tertiary/aromatic N) is 3. The first kappa shape index (κ1) is 8.90. The fraction of sp³-hybridized carbons (Fsp3) is 0.143. The summed E-state index contributed by atoms with van der Waals surface area (Å²) in [5.74, 6) is 0. The van der Waals surface area contributed by atoms with E-state index in [0.29, 0.717) is 12.2 Å². The molecule has 0 aliphatic carbocycles. The Morgan fingerprint density at radius 2 is 2.33 bits per heavy atom.